The van der Waals surface area contributed by atoms with Gasteiger partial charge in [-0.3, -0.25) is 9.59 Å². The van der Waals surface area contributed by atoms with Gasteiger partial charge >= 0.3 is 11.9 Å². The normalized spacial score (nSPS) is 12.2. The van der Waals surface area contributed by atoms with Crippen molar-refractivity contribution in [2.45, 2.75) is 35.8 Å². The quantitative estimate of drug-likeness (QED) is 0.450. The molecule has 0 bridgehead atoms. The Bertz CT molecular complexity index is 623. The predicted molar refractivity (Wildman–Crippen MR) is 87.4 cm³/mol. The summed E-state index contributed by atoms with van der Waals surface area (Å²) >= 11 is 2.61. The highest BCUT2D eigenvalue weighted by Crippen LogP contribution is 2.33. The number of hydrogen-bond acceptors (Lipinski definition) is 6. The Morgan fingerprint density at radius 2 is 2.18 bits per heavy atom. The van der Waals surface area contributed by atoms with E-state index in [9.17, 15) is 9.59 Å². The van der Waals surface area contributed by atoms with Crippen molar-refractivity contribution in [3.05, 3.63) is 24.3 Å². The fourth-order valence-corrected chi connectivity index (χ4v) is 4.06. The molecule has 0 fully saturated rings. The van der Waals surface area contributed by atoms with Crippen molar-refractivity contribution in [1.82, 2.24) is 4.98 Å². The number of aromatic nitrogens is 1. The van der Waals surface area contributed by atoms with Gasteiger partial charge < -0.3 is 9.84 Å². The molecule has 118 valence electrons. The van der Waals surface area contributed by atoms with E-state index in [0.29, 0.717) is 10.9 Å². The number of thiazole rings is 1. The molecule has 1 heterocycles. The van der Waals surface area contributed by atoms with Crippen molar-refractivity contribution < 1.29 is 19.4 Å². The lowest BCUT2D eigenvalue weighted by Gasteiger charge is -2.12. The lowest BCUT2D eigenvalue weighted by atomic mass is 10.3. The first-order valence-electron chi connectivity index (χ1n) is 7.00. The highest BCUT2D eigenvalue weighted by atomic mass is 32.2. The first-order chi connectivity index (χ1) is 10.6. The topological polar surface area (TPSA) is 76.5 Å². The molecule has 0 spiro atoms. The van der Waals surface area contributed by atoms with Crippen LogP contribution in [0.25, 0.3) is 10.2 Å². The molecular formula is C15H17NO4S2. The van der Waals surface area contributed by atoms with Crippen LogP contribution >= 0.6 is 23.1 Å². The minimum atomic E-state index is -1.02. The SMILES string of the molecule is CCCCOC(=O)C(CC(=O)O)Sc1nc2ccccc2s1. The average molecular weight is 339 g/mol. The second-order valence-corrected chi connectivity index (χ2v) is 7.15. The number of thioether (sulfide) groups is 1. The molecule has 0 saturated carbocycles. The maximum absolute atomic E-state index is 12.0. The van der Waals surface area contributed by atoms with Crippen molar-refractivity contribution in [3.63, 3.8) is 0 Å². The standard InChI is InChI=1S/C15H17NO4S2/c1-2-3-8-20-14(19)12(9-13(17)18)22-15-16-10-6-4-5-7-11(10)21-15/h4-7,12H,2-3,8-9H2,1H3,(H,17,18). The molecule has 1 unspecified atom stereocenters. The number of ether oxygens (including phenoxy) is 1. The third-order valence-corrected chi connectivity index (χ3v) is 5.19. The lowest BCUT2D eigenvalue weighted by Crippen LogP contribution is -2.23. The molecule has 1 aromatic heterocycles. The summed E-state index contributed by atoms with van der Waals surface area (Å²) < 4.78 is 6.84. The zero-order chi connectivity index (χ0) is 15.9. The molecule has 2 rings (SSSR count). The van der Waals surface area contributed by atoms with Crippen molar-refractivity contribution in [2.24, 2.45) is 0 Å². The molecule has 0 aliphatic heterocycles. The molecule has 5 nitrogen and oxygen atoms in total. The van der Waals surface area contributed by atoms with Crippen molar-refractivity contribution in [1.29, 1.82) is 0 Å². The van der Waals surface area contributed by atoms with E-state index in [4.69, 9.17) is 9.84 Å². The number of esters is 1. The van der Waals surface area contributed by atoms with Crippen molar-refractivity contribution >= 4 is 45.3 Å². The lowest BCUT2D eigenvalue weighted by molar-refractivity contribution is -0.147. The maximum atomic E-state index is 12.0. The highest BCUT2D eigenvalue weighted by Gasteiger charge is 2.26. The van der Waals surface area contributed by atoms with E-state index in [1.165, 1.54) is 11.3 Å². The zero-order valence-electron chi connectivity index (χ0n) is 12.2. The van der Waals surface area contributed by atoms with Crippen LogP contribution in [-0.2, 0) is 14.3 Å². The van der Waals surface area contributed by atoms with Gasteiger partial charge in [0.25, 0.3) is 0 Å². The molecule has 0 saturated heterocycles. The van der Waals surface area contributed by atoms with E-state index in [0.717, 1.165) is 34.8 Å². The number of carboxylic acids is 1. The number of rotatable bonds is 8. The number of carbonyl (C=O) groups is 2. The van der Waals surface area contributed by atoms with Gasteiger partial charge in [0.05, 0.1) is 23.2 Å². The number of hydrogen-bond donors (Lipinski definition) is 1. The van der Waals surface area contributed by atoms with Gasteiger partial charge in [0.15, 0.2) is 4.34 Å². The second kappa shape index (κ2) is 8.14. The maximum Gasteiger partial charge on any atom is 0.320 e. The molecule has 2 aromatic rings. The molecular weight excluding hydrogens is 322 g/mol. The highest BCUT2D eigenvalue weighted by molar-refractivity contribution is 8.02. The van der Waals surface area contributed by atoms with Crippen LogP contribution in [0.1, 0.15) is 26.2 Å². The molecule has 0 amide bonds. The van der Waals surface area contributed by atoms with Crippen LogP contribution in [0.4, 0.5) is 0 Å². The fourth-order valence-electron chi connectivity index (χ4n) is 1.76. The number of carbonyl (C=O) groups excluding carboxylic acids is 1. The van der Waals surface area contributed by atoms with Crippen molar-refractivity contribution in [2.75, 3.05) is 6.61 Å². The van der Waals surface area contributed by atoms with E-state index in [1.807, 2.05) is 31.2 Å². The molecule has 1 aromatic carbocycles. The number of carboxylic acid groups (broad SMARTS) is 1. The molecule has 0 radical (unpaired) electrons. The van der Waals surface area contributed by atoms with Gasteiger partial charge in [-0.2, -0.15) is 0 Å². The van der Waals surface area contributed by atoms with Gasteiger partial charge in [-0.25, -0.2) is 4.98 Å². The average Bonchev–Trinajstić information content (AvgIpc) is 2.88. The molecule has 0 aliphatic carbocycles. The predicted octanol–water partition coefficient (Wildman–Crippen LogP) is 3.58. The number of nitrogens with zero attached hydrogens (tertiary/aromatic N) is 1. The summed E-state index contributed by atoms with van der Waals surface area (Å²) in [4.78, 5) is 27.4. The third-order valence-electron chi connectivity index (χ3n) is 2.88. The minimum Gasteiger partial charge on any atom is -0.481 e. The molecule has 1 N–H and O–H groups in total. The van der Waals surface area contributed by atoms with E-state index < -0.39 is 17.2 Å². The first kappa shape index (κ1) is 16.8. The summed E-state index contributed by atoms with van der Waals surface area (Å²) in [6.07, 6.45) is 1.42. The first-order valence-corrected chi connectivity index (χ1v) is 8.70. The Balaban J connectivity index is 2.07. The largest absolute Gasteiger partial charge is 0.481 e. The smallest absolute Gasteiger partial charge is 0.320 e. The zero-order valence-corrected chi connectivity index (χ0v) is 13.8. The van der Waals surface area contributed by atoms with E-state index in [2.05, 4.69) is 4.98 Å². The van der Waals surface area contributed by atoms with Crippen LogP contribution in [0.15, 0.2) is 28.6 Å². The van der Waals surface area contributed by atoms with Gasteiger partial charge in [0.2, 0.25) is 0 Å². The Kier molecular flexibility index (Phi) is 6.21. The number of aliphatic carboxylic acids is 1. The number of unbranched alkanes of at least 4 members (excludes halogenated alkanes) is 1. The van der Waals surface area contributed by atoms with Gasteiger partial charge in [-0.05, 0) is 18.6 Å². The Morgan fingerprint density at radius 1 is 1.41 bits per heavy atom. The summed E-state index contributed by atoms with van der Waals surface area (Å²) in [5, 5.41) is 8.22. The van der Waals surface area contributed by atoms with Crippen LogP contribution in [0.5, 0.6) is 0 Å². The summed E-state index contributed by atoms with van der Waals surface area (Å²) in [5.74, 6) is -1.51. The van der Waals surface area contributed by atoms with E-state index in [1.54, 1.807) is 0 Å². The van der Waals surface area contributed by atoms with Gasteiger partial charge in [-0.1, -0.05) is 37.2 Å². The summed E-state index contributed by atoms with van der Waals surface area (Å²) in [7, 11) is 0. The van der Waals surface area contributed by atoms with Gasteiger partial charge in [0, 0.05) is 0 Å². The van der Waals surface area contributed by atoms with Crippen LogP contribution in [0.2, 0.25) is 0 Å². The second-order valence-electron chi connectivity index (χ2n) is 4.67. The van der Waals surface area contributed by atoms with Crippen LogP contribution in [0.3, 0.4) is 0 Å². The fraction of sp³-hybridized carbons (Fsp3) is 0.400. The molecule has 0 aliphatic rings. The van der Waals surface area contributed by atoms with E-state index in [-0.39, 0.29) is 6.42 Å². The van der Waals surface area contributed by atoms with Crippen LogP contribution in [-0.4, -0.2) is 33.9 Å². The minimum absolute atomic E-state index is 0.272. The molecule has 7 heteroatoms. The van der Waals surface area contributed by atoms with Gasteiger partial charge in [0.1, 0.15) is 5.25 Å². The number of para-hydroxylation sites is 1. The van der Waals surface area contributed by atoms with E-state index >= 15 is 0 Å². The summed E-state index contributed by atoms with van der Waals surface area (Å²) in [5.41, 5.74) is 0.850. The monoisotopic (exact) mass is 339 g/mol. The van der Waals surface area contributed by atoms with Gasteiger partial charge in [-0.15, -0.1) is 11.3 Å². The van der Waals surface area contributed by atoms with Crippen molar-refractivity contribution in [3.8, 4) is 0 Å². The number of benzene rings is 1. The summed E-state index contributed by atoms with van der Waals surface area (Å²) in [6, 6.07) is 7.65. The van der Waals surface area contributed by atoms with Crippen LogP contribution in [0, 0.1) is 0 Å². The Hall–Kier alpha value is -1.60. The summed E-state index contributed by atoms with van der Waals surface area (Å²) in [6.45, 7) is 2.32. The third kappa shape index (κ3) is 4.71. The Labute approximate surface area is 136 Å². The van der Waals surface area contributed by atoms with Crippen LogP contribution < -0.4 is 0 Å². The molecule has 1 atom stereocenters. The Morgan fingerprint density at radius 3 is 2.86 bits per heavy atom. The molecule has 22 heavy (non-hydrogen) atoms. The number of fused-ring (bicyclic) bond motifs is 1.